The van der Waals surface area contributed by atoms with Crippen molar-refractivity contribution in [2.75, 3.05) is 7.05 Å². The van der Waals surface area contributed by atoms with E-state index in [1.165, 1.54) is 7.05 Å². The van der Waals surface area contributed by atoms with Gasteiger partial charge in [0.25, 0.3) is 5.97 Å². The normalized spacial score (nSPS) is 6.14. The number of carboxylic acids is 1. The van der Waals surface area contributed by atoms with E-state index in [0.717, 1.165) is 6.92 Å². The molecule has 0 spiro atoms. The summed E-state index contributed by atoms with van der Waals surface area (Å²) in [6.45, 7) is 1.08. The van der Waals surface area contributed by atoms with E-state index in [1.807, 2.05) is 0 Å². The fourth-order valence-electron chi connectivity index (χ4n) is 0. The quantitative estimate of drug-likeness (QED) is 0.371. The van der Waals surface area contributed by atoms with E-state index in [2.05, 4.69) is 0 Å². The Labute approximate surface area is 41.7 Å². The van der Waals surface area contributed by atoms with Crippen molar-refractivity contribution in [3.63, 3.8) is 0 Å². The SMILES string of the molecule is CC(=O)O.CNO. The van der Waals surface area contributed by atoms with E-state index in [4.69, 9.17) is 15.1 Å². The third kappa shape index (κ3) is 166. The molecule has 0 heterocycles. The van der Waals surface area contributed by atoms with Gasteiger partial charge in [-0.25, -0.2) is 5.48 Å². The summed E-state index contributed by atoms with van der Waals surface area (Å²) in [5.41, 5.74) is 1.75. The number of rotatable bonds is 0. The van der Waals surface area contributed by atoms with Crippen molar-refractivity contribution < 1.29 is 15.1 Å². The first-order chi connectivity index (χ1) is 3.15. The minimum Gasteiger partial charge on any atom is -0.481 e. The maximum absolute atomic E-state index is 9.00. The standard InChI is InChI=1S/C2H4O2.CH5NO/c1-2(3)4;1-2-3/h1H3,(H,3,4);2-3H,1H3. The third-order valence-corrected chi connectivity index (χ3v) is 0. The van der Waals surface area contributed by atoms with E-state index < -0.39 is 5.97 Å². The summed E-state index contributed by atoms with van der Waals surface area (Å²) in [6.07, 6.45) is 0. The molecule has 0 atom stereocenters. The molecule has 0 aromatic rings. The van der Waals surface area contributed by atoms with Crippen LogP contribution in [-0.2, 0) is 4.79 Å². The lowest BCUT2D eigenvalue weighted by molar-refractivity contribution is -0.134. The number of hydroxylamine groups is 1. The van der Waals surface area contributed by atoms with Gasteiger partial charge in [0.2, 0.25) is 0 Å². The first-order valence-electron chi connectivity index (χ1n) is 1.65. The van der Waals surface area contributed by atoms with Crippen LogP contribution in [0.15, 0.2) is 0 Å². The molecule has 0 aromatic heterocycles. The van der Waals surface area contributed by atoms with Crippen LogP contribution in [0.1, 0.15) is 6.92 Å². The number of aliphatic carboxylic acids is 1. The van der Waals surface area contributed by atoms with Crippen LogP contribution in [0.2, 0.25) is 0 Å². The van der Waals surface area contributed by atoms with Crippen molar-refractivity contribution in [3.05, 3.63) is 0 Å². The molecule has 0 radical (unpaired) electrons. The van der Waals surface area contributed by atoms with Crippen molar-refractivity contribution in [1.29, 1.82) is 0 Å². The fourth-order valence-corrected chi connectivity index (χ4v) is 0. The van der Waals surface area contributed by atoms with E-state index in [0.29, 0.717) is 0 Å². The Kier molecular flexibility index (Phi) is 12.4. The number of carboxylic acid groups (broad SMARTS) is 1. The summed E-state index contributed by atoms with van der Waals surface area (Å²) >= 11 is 0. The zero-order chi connectivity index (χ0) is 6.28. The number of hydrogen-bond acceptors (Lipinski definition) is 3. The van der Waals surface area contributed by atoms with Crippen LogP contribution in [0.4, 0.5) is 0 Å². The van der Waals surface area contributed by atoms with E-state index in [-0.39, 0.29) is 0 Å². The molecule has 0 saturated carbocycles. The number of nitrogens with one attached hydrogen (secondary N) is 1. The van der Waals surface area contributed by atoms with E-state index in [1.54, 1.807) is 5.48 Å². The van der Waals surface area contributed by atoms with Crippen LogP contribution in [0.5, 0.6) is 0 Å². The van der Waals surface area contributed by atoms with Crippen LogP contribution in [0.3, 0.4) is 0 Å². The maximum Gasteiger partial charge on any atom is 0.300 e. The molecule has 0 aromatic carbocycles. The van der Waals surface area contributed by atoms with Crippen molar-refractivity contribution in [1.82, 2.24) is 5.48 Å². The largest absolute Gasteiger partial charge is 0.481 e. The van der Waals surface area contributed by atoms with Gasteiger partial charge < -0.3 is 10.3 Å². The summed E-state index contributed by atoms with van der Waals surface area (Å²) in [5, 5.41) is 14.7. The molecule has 0 fully saturated rings. The molecule has 4 heteroatoms. The van der Waals surface area contributed by atoms with Gasteiger partial charge in [-0.15, -0.1) is 0 Å². The van der Waals surface area contributed by atoms with Crippen molar-refractivity contribution >= 4 is 5.97 Å². The molecule has 0 aliphatic heterocycles. The Hall–Kier alpha value is -0.610. The first-order valence-corrected chi connectivity index (χ1v) is 1.65. The number of carbonyl (C=O) groups is 1. The molecule has 0 saturated heterocycles. The van der Waals surface area contributed by atoms with E-state index in [9.17, 15) is 0 Å². The summed E-state index contributed by atoms with van der Waals surface area (Å²) in [7, 11) is 1.43. The zero-order valence-corrected chi connectivity index (χ0v) is 4.30. The zero-order valence-electron chi connectivity index (χ0n) is 4.30. The van der Waals surface area contributed by atoms with Crippen molar-refractivity contribution in [2.24, 2.45) is 0 Å². The average Bonchev–Trinajstić information content (AvgIpc) is 1.33. The Morgan fingerprint density at radius 1 is 1.71 bits per heavy atom. The van der Waals surface area contributed by atoms with Crippen LogP contribution in [0.25, 0.3) is 0 Å². The molecular formula is C3H9NO3. The topological polar surface area (TPSA) is 69.6 Å². The van der Waals surface area contributed by atoms with E-state index >= 15 is 0 Å². The summed E-state index contributed by atoms with van der Waals surface area (Å²) < 4.78 is 0. The predicted molar refractivity (Wildman–Crippen MR) is 24.2 cm³/mol. The van der Waals surface area contributed by atoms with Gasteiger partial charge in [-0.05, 0) is 0 Å². The Bertz CT molecular complexity index is 41.4. The molecule has 0 rings (SSSR count). The molecule has 0 unspecified atom stereocenters. The molecule has 0 aliphatic rings. The maximum atomic E-state index is 9.00. The van der Waals surface area contributed by atoms with Gasteiger partial charge in [0, 0.05) is 14.0 Å². The van der Waals surface area contributed by atoms with Crippen molar-refractivity contribution in [3.8, 4) is 0 Å². The molecule has 0 amide bonds. The lowest BCUT2D eigenvalue weighted by Gasteiger charge is -1.60. The highest BCUT2D eigenvalue weighted by Gasteiger charge is 1.65. The Balaban J connectivity index is 0. The van der Waals surface area contributed by atoms with Gasteiger partial charge in [-0.2, -0.15) is 0 Å². The van der Waals surface area contributed by atoms with Gasteiger partial charge in [-0.3, -0.25) is 4.79 Å². The minimum absolute atomic E-state index is 0.833. The first kappa shape index (κ1) is 9.63. The monoisotopic (exact) mass is 107 g/mol. The highest BCUT2D eigenvalue weighted by atomic mass is 16.5. The third-order valence-electron chi connectivity index (χ3n) is 0. The smallest absolute Gasteiger partial charge is 0.300 e. The van der Waals surface area contributed by atoms with Crippen LogP contribution >= 0.6 is 0 Å². The second kappa shape index (κ2) is 9.04. The lowest BCUT2D eigenvalue weighted by Crippen LogP contribution is -1.91. The molecular weight excluding hydrogens is 98.0 g/mol. The number of hydrogen-bond donors (Lipinski definition) is 3. The second-order valence-corrected chi connectivity index (χ2v) is 0.743. The van der Waals surface area contributed by atoms with Gasteiger partial charge in [-0.1, -0.05) is 0 Å². The summed E-state index contributed by atoms with van der Waals surface area (Å²) in [6, 6.07) is 0. The molecule has 0 aliphatic carbocycles. The molecule has 3 N–H and O–H groups in total. The highest BCUT2D eigenvalue weighted by Crippen LogP contribution is 1.42. The van der Waals surface area contributed by atoms with Gasteiger partial charge in [0.05, 0.1) is 0 Å². The highest BCUT2D eigenvalue weighted by molar-refractivity contribution is 5.62. The molecule has 44 valence electrons. The molecule has 0 bridgehead atoms. The second-order valence-electron chi connectivity index (χ2n) is 0.743. The van der Waals surface area contributed by atoms with Crippen LogP contribution in [0, 0.1) is 0 Å². The van der Waals surface area contributed by atoms with Crippen molar-refractivity contribution in [2.45, 2.75) is 6.92 Å². The fraction of sp³-hybridized carbons (Fsp3) is 0.667. The van der Waals surface area contributed by atoms with Gasteiger partial charge >= 0.3 is 0 Å². The Morgan fingerprint density at radius 3 is 1.71 bits per heavy atom. The van der Waals surface area contributed by atoms with Crippen LogP contribution in [-0.4, -0.2) is 23.3 Å². The molecule has 7 heavy (non-hydrogen) atoms. The average molecular weight is 107 g/mol. The summed E-state index contributed by atoms with van der Waals surface area (Å²) in [4.78, 5) is 9.00. The minimum atomic E-state index is -0.833. The lowest BCUT2D eigenvalue weighted by atomic mass is 10.9. The van der Waals surface area contributed by atoms with Crippen LogP contribution < -0.4 is 5.48 Å². The molecule has 4 nitrogen and oxygen atoms in total. The van der Waals surface area contributed by atoms with Gasteiger partial charge in [0.15, 0.2) is 0 Å². The summed E-state index contributed by atoms with van der Waals surface area (Å²) in [5.74, 6) is -0.833. The predicted octanol–water partition coefficient (Wildman–Crippen LogP) is -0.314. The Morgan fingerprint density at radius 2 is 1.71 bits per heavy atom. The van der Waals surface area contributed by atoms with Gasteiger partial charge in [0.1, 0.15) is 0 Å².